The lowest BCUT2D eigenvalue weighted by Gasteiger charge is -2.33. The van der Waals surface area contributed by atoms with Gasteiger partial charge in [0.15, 0.2) is 0 Å². The van der Waals surface area contributed by atoms with E-state index in [1.807, 2.05) is 12.1 Å². The number of furan rings is 1. The molecule has 1 N–H and O–H groups in total. The first kappa shape index (κ1) is 27.0. The Kier molecular flexibility index (Phi) is 7.74. The van der Waals surface area contributed by atoms with Crippen LogP contribution in [0.25, 0.3) is 11.3 Å². The van der Waals surface area contributed by atoms with Crippen LogP contribution in [0, 0.1) is 11.3 Å². The Labute approximate surface area is 241 Å². The van der Waals surface area contributed by atoms with Crippen LogP contribution in [0.3, 0.4) is 0 Å². The third-order valence-electron chi connectivity index (χ3n) is 6.93. The topological polar surface area (TPSA) is 54.6 Å². The van der Waals surface area contributed by atoms with Crippen molar-refractivity contribution in [1.82, 2.24) is 0 Å². The zero-order chi connectivity index (χ0) is 27.0. The SMILES string of the molecule is CC(C)(C)[C@H]1CCc2c(sc(N=Cc3ccc(-c4cc(Cl)ccc4Cl)o3)c2C(=O)Nc2ccc(Cl)cc2)C1. The van der Waals surface area contributed by atoms with Crippen molar-refractivity contribution in [3.8, 4) is 11.3 Å². The summed E-state index contributed by atoms with van der Waals surface area (Å²) >= 11 is 20.1. The van der Waals surface area contributed by atoms with Crippen molar-refractivity contribution in [3.05, 3.63) is 91.4 Å². The molecule has 2 aromatic carbocycles. The monoisotopic (exact) mass is 584 g/mol. The molecule has 1 amide bonds. The number of thiophene rings is 1. The van der Waals surface area contributed by atoms with E-state index in [0.717, 1.165) is 24.8 Å². The molecule has 1 aliphatic carbocycles. The van der Waals surface area contributed by atoms with Gasteiger partial charge >= 0.3 is 0 Å². The minimum atomic E-state index is -0.169. The van der Waals surface area contributed by atoms with Gasteiger partial charge in [0.2, 0.25) is 0 Å². The van der Waals surface area contributed by atoms with Crippen molar-refractivity contribution in [2.45, 2.75) is 40.0 Å². The van der Waals surface area contributed by atoms with E-state index in [-0.39, 0.29) is 11.3 Å². The van der Waals surface area contributed by atoms with Gasteiger partial charge in [-0.05, 0) is 90.8 Å². The second-order valence-electron chi connectivity index (χ2n) is 10.5. The maximum atomic E-state index is 13.5. The number of fused-ring (bicyclic) bond motifs is 1. The van der Waals surface area contributed by atoms with Gasteiger partial charge in [-0.15, -0.1) is 11.3 Å². The van der Waals surface area contributed by atoms with E-state index in [0.29, 0.717) is 54.3 Å². The van der Waals surface area contributed by atoms with Gasteiger partial charge in [-0.25, -0.2) is 4.99 Å². The summed E-state index contributed by atoms with van der Waals surface area (Å²) < 4.78 is 6.00. The highest BCUT2D eigenvalue weighted by Crippen LogP contribution is 2.45. The largest absolute Gasteiger partial charge is 0.455 e. The van der Waals surface area contributed by atoms with E-state index in [2.05, 4.69) is 26.1 Å². The molecule has 2 aromatic heterocycles. The number of nitrogens with zero attached hydrogens (tertiary/aromatic N) is 1. The molecule has 0 saturated heterocycles. The quantitative estimate of drug-likeness (QED) is 0.237. The normalized spacial score (nSPS) is 15.6. The van der Waals surface area contributed by atoms with Gasteiger partial charge in [0.05, 0.1) is 16.8 Å². The summed E-state index contributed by atoms with van der Waals surface area (Å²) in [7, 11) is 0. The molecule has 196 valence electrons. The molecule has 0 spiro atoms. The fraction of sp³-hybridized carbons (Fsp3) is 0.267. The lowest BCUT2D eigenvalue weighted by molar-refractivity contribution is 0.102. The first-order valence-corrected chi connectivity index (χ1v) is 14.3. The van der Waals surface area contributed by atoms with E-state index in [9.17, 15) is 4.79 Å². The van der Waals surface area contributed by atoms with E-state index < -0.39 is 0 Å². The first-order valence-electron chi connectivity index (χ1n) is 12.4. The number of benzene rings is 2. The fourth-order valence-electron chi connectivity index (χ4n) is 4.74. The minimum absolute atomic E-state index is 0.169. The molecule has 1 aliphatic rings. The number of hydrogen-bond acceptors (Lipinski definition) is 4. The first-order chi connectivity index (χ1) is 18.1. The van der Waals surface area contributed by atoms with E-state index in [1.54, 1.807) is 60.0 Å². The van der Waals surface area contributed by atoms with Crippen LogP contribution in [0.5, 0.6) is 0 Å². The number of hydrogen-bond donors (Lipinski definition) is 1. The molecular weight excluding hydrogens is 559 g/mol. The Hall–Kier alpha value is -2.57. The van der Waals surface area contributed by atoms with Crippen LogP contribution in [0.2, 0.25) is 15.1 Å². The van der Waals surface area contributed by atoms with Gasteiger partial charge in [-0.2, -0.15) is 0 Å². The Morgan fingerprint density at radius 1 is 1.05 bits per heavy atom. The molecule has 0 saturated carbocycles. The number of anilines is 1. The third kappa shape index (κ3) is 5.86. The van der Waals surface area contributed by atoms with Gasteiger partial charge in [0.25, 0.3) is 5.91 Å². The van der Waals surface area contributed by atoms with Crippen LogP contribution in [0.1, 0.15) is 53.8 Å². The van der Waals surface area contributed by atoms with Crippen molar-refractivity contribution in [2.75, 3.05) is 5.32 Å². The van der Waals surface area contributed by atoms with Crippen molar-refractivity contribution >= 4 is 68.9 Å². The number of nitrogens with one attached hydrogen (secondary N) is 1. The van der Waals surface area contributed by atoms with Crippen molar-refractivity contribution in [3.63, 3.8) is 0 Å². The summed E-state index contributed by atoms with van der Waals surface area (Å²) in [6.07, 6.45) is 4.49. The van der Waals surface area contributed by atoms with Crippen LogP contribution in [-0.2, 0) is 12.8 Å². The maximum Gasteiger partial charge on any atom is 0.259 e. The molecular formula is C30H27Cl3N2O2S. The third-order valence-corrected chi connectivity index (χ3v) is 8.91. The maximum absolute atomic E-state index is 13.5. The van der Waals surface area contributed by atoms with Crippen LogP contribution in [-0.4, -0.2) is 12.1 Å². The molecule has 1 atom stereocenters. The highest BCUT2D eigenvalue weighted by atomic mass is 35.5. The zero-order valence-corrected chi connectivity index (χ0v) is 24.4. The summed E-state index contributed by atoms with van der Waals surface area (Å²) in [4.78, 5) is 19.5. The zero-order valence-electron chi connectivity index (χ0n) is 21.3. The second kappa shape index (κ2) is 10.9. The highest BCUT2D eigenvalue weighted by Gasteiger charge is 2.33. The van der Waals surface area contributed by atoms with E-state index >= 15 is 0 Å². The van der Waals surface area contributed by atoms with Crippen LogP contribution >= 0.6 is 46.1 Å². The van der Waals surface area contributed by atoms with Gasteiger partial charge < -0.3 is 9.73 Å². The molecule has 5 rings (SSSR count). The standard InChI is InChI=1S/C30H27Cl3N2O2S/c1-30(2,3)17-4-11-22-26(14-17)38-29(27(22)28(36)35-20-8-5-18(31)6-9-20)34-16-21-10-13-25(37-21)23-15-19(32)7-12-24(23)33/h5-10,12-13,15-17H,4,11,14H2,1-3H3,(H,35,36)/t17-/m0/s1. The summed E-state index contributed by atoms with van der Waals surface area (Å²) in [6, 6.07) is 16.0. The second-order valence-corrected chi connectivity index (χ2v) is 12.9. The number of carbonyl (C=O) groups is 1. The fourth-order valence-corrected chi connectivity index (χ4v) is 6.52. The molecule has 4 aromatic rings. The highest BCUT2D eigenvalue weighted by molar-refractivity contribution is 7.16. The minimum Gasteiger partial charge on any atom is -0.455 e. The van der Waals surface area contributed by atoms with E-state index in [1.165, 1.54) is 4.88 Å². The van der Waals surface area contributed by atoms with Gasteiger partial charge in [0, 0.05) is 26.2 Å². The lowest BCUT2D eigenvalue weighted by atomic mass is 9.72. The predicted octanol–water partition coefficient (Wildman–Crippen LogP) is 10.1. The Balaban J connectivity index is 1.47. The molecule has 0 aliphatic heterocycles. The molecule has 0 unspecified atom stereocenters. The number of aliphatic imine (C=N–C) groups is 1. The molecule has 8 heteroatoms. The van der Waals surface area contributed by atoms with Gasteiger partial charge in [-0.3, -0.25) is 4.79 Å². The van der Waals surface area contributed by atoms with Gasteiger partial charge in [0.1, 0.15) is 16.5 Å². The Morgan fingerprint density at radius 2 is 1.79 bits per heavy atom. The summed E-state index contributed by atoms with van der Waals surface area (Å²) in [5.41, 5.74) is 3.32. The number of carbonyl (C=O) groups excluding carboxylic acids is 1. The Morgan fingerprint density at radius 3 is 2.53 bits per heavy atom. The molecule has 0 bridgehead atoms. The van der Waals surface area contributed by atoms with Crippen LogP contribution < -0.4 is 5.32 Å². The van der Waals surface area contributed by atoms with Crippen molar-refractivity contribution in [2.24, 2.45) is 16.3 Å². The molecule has 2 heterocycles. The predicted molar refractivity (Wildman–Crippen MR) is 160 cm³/mol. The van der Waals surface area contributed by atoms with Crippen LogP contribution in [0.4, 0.5) is 10.7 Å². The van der Waals surface area contributed by atoms with Crippen molar-refractivity contribution in [1.29, 1.82) is 0 Å². The molecule has 0 fully saturated rings. The lowest BCUT2D eigenvalue weighted by Crippen LogP contribution is -2.27. The molecule has 0 radical (unpaired) electrons. The number of rotatable bonds is 5. The smallest absolute Gasteiger partial charge is 0.259 e. The summed E-state index contributed by atoms with van der Waals surface area (Å²) in [6.45, 7) is 6.85. The average molecular weight is 586 g/mol. The van der Waals surface area contributed by atoms with Crippen LogP contribution in [0.15, 0.2) is 64.0 Å². The van der Waals surface area contributed by atoms with E-state index in [4.69, 9.17) is 44.2 Å². The molecule has 38 heavy (non-hydrogen) atoms. The molecule has 4 nitrogen and oxygen atoms in total. The summed E-state index contributed by atoms with van der Waals surface area (Å²) in [5, 5.41) is 5.44. The van der Waals surface area contributed by atoms with Gasteiger partial charge in [-0.1, -0.05) is 55.6 Å². The Bertz CT molecular complexity index is 1510. The number of halogens is 3. The van der Waals surface area contributed by atoms with Crippen molar-refractivity contribution < 1.29 is 9.21 Å². The summed E-state index contributed by atoms with van der Waals surface area (Å²) in [5.74, 6) is 1.53. The number of amides is 1. The average Bonchev–Trinajstić information content (AvgIpc) is 3.49.